The minimum absolute atomic E-state index is 0.0424. The number of carbonyl (C=O) groups excluding carboxylic acids is 1. The van der Waals surface area contributed by atoms with Crippen LogP contribution in [0.2, 0.25) is 0 Å². The first kappa shape index (κ1) is 29.1. The lowest BCUT2D eigenvalue weighted by Crippen LogP contribution is -2.31. The Morgan fingerprint density at radius 2 is 1.62 bits per heavy atom. The number of pyridine rings is 1. The second-order valence-electron chi connectivity index (χ2n) is 11.8. The van der Waals surface area contributed by atoms with Gasteiger partial charge in [-0.25, -0.2) is 9.78 Å². The van der Waals surface area contributed by atoms with E-state index in [0.29, 0.717) is 22.6 Å². The van der Waals surface area contributed by atoms with Gasteiger partial charge in [0.1, 0.15) is 11.5 Å². The predicted molar refractivity (Wildman–Crippen MR) is 164 cm³/mol. The average molecular weight is 567 g/mol. The molecule has 1 amide bonds. The van der Waals surface area contributed by atoms with Crippen LogP contribution in [-0.4, -0.2) is 28.1 Å². The highest BCUT2D eigenvalue weighted by Gasteiger charge is 2.32. The number of anilines is 1. The maximum Gasteiger partial charge on any atom is 0.337 e. The van der Waals surface area contributed by atoms with Crippen LogP contribution in [0.1, 0.15) is 68.8 Å². The molecule has 1 aliphatic carbocycles. The number of amides is 1. The molecule has 2 N–H and O–H groups in total. The van der Waals surface area contributed by atoms with E-state index in [4.69, 9.17) is 9.47 Å². The molecule has 0 aliphatic heterocycles. The highest BCUT2D eigenvalue weighted by atomic mass is 16.5. The van der Waals surface area contributed by atoms with Crippen molar-refractivity contribution in [1.29, 1.82) is 0 Å². The molecule has 7 heteroatoms. The quantitative estimate of drug-likeness (QED) is 0.200. The SMILES string of the molecule is CCC(C)(C)C1CCC(Oc2ccc3cc(Oc4ccc(CC(=O)Nc5ccccc5C(=O)O)cn4)ccc3c2)CC1. The topological polar surface area (TPSA) is 97.8 Å². The van der Waals surface area contributed by atoms with Gasteiger partial charge in [-0.05, 0) is 89.8 Å². The van der Waals surface area contributed by atoms with Crippen LogP contribution in [0.3, 0.4) is 0 Å². The van der Waals surface area contributed by atoms with Gasteiger partial charge in [0.25, 0.3) is 0 Å². The van der Waals surface area contributed by atoms with Gasteiger partial charge in [0.2, 0.25) is 11.8 Å². The molecule has 4 aromatic rings. The van der Waals surface area contributed by atoms with Gasteiger partial charge < -0.3 is 19.9 Å². The molecule has 0 saturated heterocycles. The van der Waals surface area contributed by atoms with E-state index >= 15 is 0 Å². The number of benzene rings is 3. The summed E-state index contributed by atoms with van der Waals surface area (Å²) >= 11 is 0. The van der Waals surface area contributed by atoms with Gasteiger partial charge in [-0.1, -0.05) is 57.5 Å². The van der Waals surface area contributed by atoms with Gasteiger partial charge in [0, 0.05) is 12.3 Å². The number of hydrogen-bond acceptors (Lipinski definition) is 5. The molecule has 1 fully saturated rings. The molecule has 7 nitrogen and oxygen atoms in total. The van der Waals surface area contributed by atoms with Crippen LogP contribution in [0.15, 0.2) is 79.0 Å². The van der Waals surface area contributed by atoms with E-state index in [1.807, 2.05) is 24.3 Å². The summed E-state index contributed by atoms with van der Waals surface area (Å²) in [6.45, 7) is 7.07. The van der Waals surface area contributed by atoms with Gasteiger partial charge in [-0.3, -0.25) is 4.79 Å². The summed E-state index contributed by atoms with van der Waals surface area (Å²) in [6.07, 6.45) is 7.79. The van der Waals surface area contributed by atoms with Gasteiger partial charge in [0.15, 0.2) is 0 Å². The van der Waals surface area contributed by atoms with E-state index in [2.05, 4.69) is 43.2 Å². The zero-order valence-electron chi connectivity index (χ0n) is 24.4. The fourth-order valence-electron chi connectivity index (χ4n) is 5.64. The van der Waals surface area contributed by atoms with E-state index in [0.717, 1.165) is 35.3 Å². The molecule has 1 aliphatic rings. The van der Waals surface area contributed by atoms with Crippen molar-refractivity contribution in [2.75, 3.05) is 5.32 Å². The standard InChI is InChI=1S/C35H38N2O5/c1-4-35(2,3)26-12-16-27(17-13-26)41-28-14-10-25-21-29(15-11-24(25)20-28)42-33-18-9-23(22-36-33)19-32(38)37-31-8-6-5-7-30(31)34(39)40/h5-11,14-15,18,20-22,26-27H,4,12-13,16-17,19H2,1-3H3,(H,37,38)(H,39,40). The smallest absolute Gasteiger partial charge is 0.337 e. The fraction of sp³-hybridized carbons (Fsp3) is 0.343. The zero-order valence-corrected chi connectivity index (χ0v) is 24.4. The highest BCUT2D eigenvalue weighted by Crippen LogP contribution is 2.41. The van der Waals surface area contributed by atoms with Crippen molar-refractivity contribution in [3.63, 3.8) is 0 Å². The van der Waals surface area contributed by atoms with Crippen LogP contribution < -0.4 is 14.8 Å². The average Bonchev–Trinajstić information content (AvgIpc) is 2.98. The Kier molecular flexibility index (Phi) is 8.76. The number of hydrogen-bond donors (Lipinski definition) is 2. The summed E-state index contributed by atoms with van der Waals surface area (Å²) in [4.78, 5) is 28.2. The molecule has 5 rings (SSSR count). The third-order valence-corrected chi connectivity index (χ3v) is 8.59. The van der Waals surface area contributed by atoms with Crippen LogP contribution in [0.4, 0.5) is 5.69 Å². The van der Waals surface area contributed by atoms with Crippen molar-refractivity contribution in [1.82, 2.24) is 4.98 Å². The molecule has 42 heavy (non-hydrogen) atoms. The van der Waals surface area contributed by atoms with Crippen molar-refractivity contribution in [2.45, 2.75) is 65.4 Å². The maximum absolute atomic E-state index is 12.5. The minimum Gasteiger partial charge on any atom is -0.490 e. The number of para-hydroxylation sites is 1. The molecular weight excluding hydrogens is 528 g/mol. The fourth-order valence-corrected chi connectivity index (χ4v) is 5.64. The summed E-state index contributed by atoms with van der Waals surface area (Å²) in [5, 5.41) is 14.1. The Balaban J connectivity index is 1.15. The van der Waals surface area contributed by atoms with Gasteiger partial charge >= 0.3 is 5.97 Å². The molecule has 1 heterocycles. The van der Waals surface area contributed by atoms with Crippen LogP contribution >= 0.6 is 0 Å². The molecule has 3 aromatic carbocycles. The Morgan fingerprint density at radius 3 is 2.29 bits per heavy atom. The second-order valence-corrected chi connectivity index (χ2v) is 11.8. The molecule has 218 valence electrons. The molecule has 0 unspecified atom stereocenters. The summed E-state index contributed by atoms with van der Waals surface area (Å²) in [5.74, 6) is 1.33. The Morgan fingerprint density at radius 1 is 0.929 bits per heavy atom. The Labute approximate surface area is 246 Å². The third kappa shape index (κ3) is 7.08. The maximum atomic E-state index is 12.5. The summed E-state index contributed by atoms with van der Waals surface area (Å²) in [6, 6.07) is 21.9. The van der Waals surface area contributed by atoms with Crippen LogP contribution in [-0.2, 0) is 11.2 Å². The second kappa shape index (κ2) is 12.6. The monoisotopic (exact) mass is 566 g/mol. The van der Waals surface area contributed by atoms with Crippen LogP contribution in [0.5, 0.6) is 17.4 Å². The van der Waals surface area contributed by atoms with E-state index in [9.17, 15) is 14.7 Å². The zero-order chi connectivity index (χ0) is 29.7. The van der Waals surface area contributed by atoms with Crippen molar-refractivity contribution < 1.29 is 24.2 Å². The van der Waals surface area contributed by atoms with Crippen molar-refractivity contribution >= 4 is 28.3 Å². The van der Waals surface area contributed by atoms with E-state index in [1.165, 1.54) is 25.3 Å². The van der Waals surface area contributed by atoms with Crippen LogP contribution in [0, 0.1) is 11.3 Å². The van der Waals surface area contributed by atoms with E-state index in [1.54, 1.807) is 36.5 Å². The first-order valence-corrected chi connectivity index (χ1v) is 14.7. The van der Waals surface area contributed by atoms with Gasteiger partial charge in [0.05, 0.1) is 23.8 Å². The number of aromatic carboxylic acids is 1. The van der Waals surface area contributed by atoms with Gasteiger partial charge in [-0.2, -0.15) is 0 Å². The molecule has 0 spiro atoms. The number of fused-ring (bicyclic) bond motifs is 1. The number of nitrogens with zero attached hydrogens (tertiary/aromatic N) is 1. The Hall–Kier alpha value is -4.39. The van der Waals surface area contributed by atoms with Crippen molar-refractivity contribution in [2.24, 2.45) is 11.3 Å². The summed E-state index contributed by atoms with van der Waals surface area (Å²) < 4.78 is 12.4. The number of ether oxygens (including phenoxy) is 2. The largest absolute Gasteiger partial charge is 0.490 e. The number of carboxylic acids is 1. The number of carbonyl (C=O) groups is 2. The number of aromatic nitrogens is 1. The first-order chi connectivity index (χ1) is 20.2. The summed E-state index contributed by atoms with van der Waals surface area (Å²) in [7, 11) is 0. The Bertz CT molecular complexity index is 1560. The number of rotatable bonds is 10. The third-order valence-electron chi connectivity index (χ3n) is 8.59. The lowest BCUT2D eigenvalue weighted by atomic mass is 9.69. The lowest BCUT2D eigenvalue weighted by Gasteiger charge is -2.38. The number of carboxylic acid groups (broad SMARTS) is 1. The minimum atomic E-state index is -1.10. The molecule has 0 bridgehead atoms. The van der Waals surface area contributed by atoms with E-state index < -0.39 is 5.97 Å². The van der Waals surface area contributed by atoms with Gasteiger partial charge in [-0.15, -0.1) is 0 Å². The predicted octanol–water partition coefficient (Wildman–Crippen LogP) is 8.28. The van der Waals surface area contributed by atoms with E-state index in [-0.39, 0.29) is 29.7 Å². The van der Waals surface area contributed by atoms with Crippen molar-refractivity contribution in [3.8, 4) is 17.4 Å². The highest BCUT2D eigenvalue weighted by molar-refractivity contribution is 6.01. The molecule has 0 radical (unpaired) electrons. The lowest BCUT2D eigenvalue weighted by molar-refractivity contribution is -0.115. The number of nitrogens with one attached hydrogen (secondary N) is 1. The molecule has 1 aromatic heterocycles. The molecule has 0 atom stereocenters. The molecular formula is C35H38N2O5. The first-order valence-electron chi connectivity index (χ1n) is 14.7. The molecule has 1 saturated carbocycles. The van der Waals surface area contributed by atoms with Crippen LogP contribution in [0.25, 0.3) is 10.8 Å². The van der Waals surface area contributed by atoms with Crippen molar-refractivity contribution in [3.05, 3.63) is 90.1 Å². The normalized spacial score (nSPS) is 17.0. The summed E-state index contributed by atoms with van der Waals surface area (Å²) in [5.41, 5.74) is 1.39.